The molecule has 0 spiro atoms. The van der Waals surface area contributed by atoms with Gasteiger partial charge >= 0.3 is 51.4 Å². The molecule has 4 heteroatoms. The van der Waals surface area contributed by atoms with Gasteiger partial charge < -0.3 is 4.74 Å². The molecule has 0 rings (SSSR count). The SMILES string of the molecule is CCCCOC(=S)S.[KH]. The van der Waals surface area contributed by atoms with Crippen molar-refractivity contribution in [2.24, 2.45) is 0 Å². The Morgan fingerprint density at radius 1 is 1.67 bits per heavy atom. The standard InChI is InChI=1S/C5H10OS2.K.H/c1-2-3-4-6-5(7)8;;/h2-4H2,1H3,(H,7,8);;. The normalized spacial score (nSPS) is 7.78. The summed E-state index contributed by atoms with van der Waals surface area (Å²) in [5.74, 6) is 0. The molecule has 0 saturated heterocycles. The molecule has 0 radical (unpaired) electrons. The van der Waals surface area contributed by atoms with Crippen LogP contribution < -0.4 is 0 Å². The first-order valence-corrected chi connectivity index (χ1v) is 3.48. The fourth-order valence-electron chi connectivity index (χ4n) is 0.304. The van der Waals surface area contributed by atoms with Crippen LogP contribution in [0.1, 0.15) is 19.8 Å². The minimum absolute atomic E-state index is 0. The van der Waals surface area contributed by atoms with E-state index in [4.69, 9.17) is 4.74 Å². The first-order valence-electron chi connectivity index (χ1n) is 2.63. The molecule has 0 aliphatic rings. The van der Waals surface area contributed by atoms with E-state index in [-0.39, 0.29) is 51.4 Å². The summed E-state index contributed by atoms with van der Waals surface area (Å²) < 4.78 is 5.22. The van der Waals surface area contributed by atoms with Gasteiger partial charge in [0.2, 0.25) is 4.38 Å². The fraction of sp³-hybridized carbons (Fsp3) is 0.800. The third-order valence-corrected chi connectivity index (χ3v) is 0.970. The molecular formula is C5H11KOS2. The molecule has 0 heterocycles. The Morgan fingerprint density at radius 2 is 2.22 bits per heavy atom. The Labute approximate surface area is 110 Å². The van der Waals surface area contributed by atoms with E-state index in [2.05, 4.69) is 31.8 Å². The summed E-state index contributed by atoms with van der Waals surface area (Å²) in [6.07, 6.45) is 2.19. The zero-order chi connectivity index (χ0) is 6.41. The summed E-state index contributed by atoms with van der Waals surface area (Å²) in [6, 6.07) is 0. The first-order chi connectivity index (χ1) is 3.77. The summed E-state index contributed by atoms with van der Waals surface area (Å²) in [5.41, 5.74) is 0. The van der Waals surface area contributed by atoms with Gasteiger partial charge in [0.1, 0.15) is 0 Å². The third kappa shape index (κ3) is 13.0. The fourth-order valence-corrected chi connectivity index (χ4v) is 0.478. The molecule has 0 amide bonds. The molecule has 0 aliphatic heterocycles. The number of hydrogen-bond acceptors (Lipinski definition) is 2. The van der Waals surface area contributed by atoms with Crippen LogP contribution in [0.3, 0.4) is 0 Å². The molecule has 50 valence electrons. The van der Waals surface area contributed by atoms with Gasteiger partial charge in [-0.15, -0.1) is 0 Å². The number of thiol groups is 1. The Kier molecular flexibility index (Phi) is 14.8. The predicted octanol–water partition coefficient (Wildman–Crippen LogP) is 1.37. The molecule has 0 saturated carbocycles. The van der Waals surface area contributed by atoms with Crippen molar-refractivity contribution >= 4 is 80.6 Å². The van der Waals surface area contributed by atoms with Gasteiger partial charge in [0.05, 0.1) is 6.61 Å². The van der Waals surface area contributed by atoms with E-state index in [9.17, 15) is 0 Å². The van der Waals surface area contributed by atoms with Crippen LogP contribution in [0.4, 0.5) is 0 Å². The van der Waals surface area contributed by atoms with Gasteiger partial charge in [0, 0.05) is 0 Å². The van der Waals surface area contributed by atoms with Crippen molar-refractivity contribution in [1.82, 2.24) is 0 Å². The average molecular weight is 190 g/mol. The van der Waals surface area contributed by atoms with Crippen molar-refractivity contribution in [1.29, 1.82) is 0 Å². The summed E-state index contributed by atoms with van der Waals surface area (Å²) in [4.78, 5) is 0. The first kappa shape index (κ1) is 13.5. The maximum atomic E-state index is 4.88. The van der Waals surface area contributed by atoms with E-state index in [1.54, 1.807) is 0 Å². The van der Waals surface area contributed by atoms with Crippen LogP contribution in [0.25, 0.3) is 0 Å². The summed E-state index contributed by atoms with van der Waals surface area (Å²) in [6.45, 7) is 2.81. The minimum atomic E-state index is 0. The Hall–Kier alpha value is 1.88. The van der Waals surface area contributed by atoms with Gasteiger partial charge in [-0.3, -0.25) is 0 Å². The number of hydrogen-bond donors (Lipinski definition) is 1. The molecule has 9 heavy (non-hydrogen) atoms. The van der Waals surface area contributed by atoms with Crippen molar-refractivity contribution in [3.8, 4) is 0 Å². The summed E-state index contributed by atoms with van der Waals surface area (Å²) in [5, 5.41) is 0. The number of ether oxygens (including phenoxy) is 1. The number of unbranched alkanes of at least 4 members (excludes halogenated alkanes) is 1. The van der Waals surface area contributed by atoms with Crippen molar-refractivity contribution in [3.05, 3.63) is 0 Å². The number of thiocarbonyl (C=S) groups is 1. The van der Waals surface area contributed by atoms with Gasteiger partial charge in [-0.05, 0) is 18.6 Å². The molecule has 0 aromatic rings. The third-order valence-electron chi connectivity index (χ3n) is 0.723. The van der Waals surface area contributed by atoms with E-state index in [0.717, 1.165) is 12.8 Å². The number of rotatable bonds is 3. The zero-order valence-electron chi connectivity index (χ0n) is 4.89. The Morgan fingerprint density at radius 3 is 2.56 bits per heavy atom. The van der Waals surface area contributed by atoms with Crippen molar-refractivity contribution in [3.63, 3.8) is 0 Å². The van der Waals surface area contributed by atoms with Crippen LogP contribution in [-0.2, 0) is 4.74 Å². The molecule has 0 N–H and O–H groups in total. The van der Waals surface area contributed by atoms with Crippen LogP contribution in [-0.4, -0.2) is 62.4 Å². The van der Waals surface area contributed by atoms with Gasteiger partial charge in [-0.25, -0.2) is 0 Å². The Balaban J connectivity index is 0. The topological polar surface area (TPSA) is 9.23 Å². The van der Waals surface area contributed by atoms with E-state index in [1.165, 1.54) is 0 Å². The average Bonchev–Trinajstić information content (AvgIpc) is 1.66. The van der Waals surface area contributed by atoms with Crippen LogP contribution >= 0.6 is 24.8 Å². The quantitative estimate of drug-likeness (QED) is 0.311. The maximum absolute atomic E-state index is 4.88. The predicted molar refractivity (Wildman–Crippen MR) is 49.6 cm³/mol. The molecule has 0 bridgehead atoms. The van der Waals surface area contributed by atoms with Crippen LogP contribution in [0.15, 0.2) is 0 Å². The van der Waals surface area contributed by atoms with Gasteiger partial charge in [0.25, 0.3) is 0 Å². The Bertz CT molecular complexity index is 77.4. The van der Waals surface area contributed by atoms with Gasteiger partial charge in [-0.1, -0.05) is 26.0 Å². The zero-order valence-corrected chi connectivity index (χ0v) is 6.60. The second-order valence-corrected chi connectivity index (χ2v) is 2.55. The van der Waals surface area contributed by atoms with Crippen LogP contribution in [0, 0.1) is 0 Å². The van der Waals surface area contributed by atoms with Gasteiger partial charge in [0.15, 0.2) is 0 Å². The van der Waals surface area contributed by atoms with Gasteiger partial charge in [-0.2, -0.15) is 0 Å². The monoisotopic (exact) mass is 190 g/mol. The second kappa shape index (κ2) is 9.88. The molecule has 0 aliphatic carbocycles. The molecular weight excluding hydrogens is 179 g/mol. The molecule has 0 aromatic carbocycles. The van der Waals surface area contributed by atoms with E-state index < -0.39 is 0 Å². The molecule has 0 aromatic heterocycles. The van der Waals surface area contributed by atoms with E-state index in [0.29, 0.717) is 11.0 Å². The van der Waals surface area contributed by atoms with Crippen LogP contribution in [0.2, 0.25) is 0 Å². The second-order valence-electron chi connectivity index (χ2n) is 1.47. The van der Waals surface area contributed by atoms with E-state index in [1.807, 2.05) is 0 Å². The molecule has 1 nitrogen and oxygen atoms in total. The molecule has 0 unspecified atom stereocenters. The van der Waals surface area contributed by atoms with Crippen LogP contribution in [0.5, 0.6) is 0 Å². The molecule has 0 atom stereocenters. The van der Waals surface area contributed by atoms with Crippen molar-refractivity contribution in [2.45, 2.75) is 19.8 Å². The van der Waals surface area contributed by atoms with Crippen molar-refractivity contribution < 1.29 is 4.74 Å². The summed E-state index contributed by atoms with van der Waals surface area (Å²) in [7, 11) is 0. The summed E-state index contributed by atoms with van der Waals surface area (Å²) >= 11 is 8.33. The van der Waals surface area contributed by atoms with Crippen molar-refractivity contribution in [2.75, 3.05) is 6.61 Å². The molecule has 0 fully saturated rings. The van der Waals surface area contributed by atoms with E-state index >= 15 is 0 Å².